The van der Waals surface area contributed by atoms with E-state index in [1.165, 1.54) is 0 Å². The minimum Gasteiger partial charge on any atom is -0.444 e. The van der Waals surface area contributed by atoms with Gasteiger partial charge in [0, 0.05) is 6.54 Å². The van der Waals surface area contributed by atoms with Crippen LogP contribution in [-0.4, -0.2) is 59.8 Å². The zero-order chi connectivity index (χ0) is 14.5. The van der Waals surface area contributed by atoms with Crippen LogP contribution in [0.2, 0.25) is 0 Å². The van der Waals surface area contributed by atoms with E-state index in [1.807, 2.05) is 27.7 Å². The summed E-state index contributed by atoms with van der Waals surface area (Å²) in [5.74, 6) is 0.734. The average Bonchev–Trinajstić information content (AvgIpc) is 2.34. The molecule has 1 atom stereocenters. The van der Waals surface area contributed by atoms with Crippen LogP contribution in [0.3, 0.4) is 0 Å². The summed E-state index contributed by atoms with van der Waals surface area (Å²) in [5, 5.41) is 12.3. The Kier molecular flexibility index (Phi) is 5.60. The van der Waals surface area contributed by atoms with Crippen molar-refractivity contribution in [2.45, 2.75) is 45.8 Å². The number of aliphatic imine (C=N–C) groups is 1. The molecule has 0 radical (unpaired) electrons. The van der Waals surface area contributed by atoms with Gasteiger partial charge in [-0.05, 0) is 27.2 Å². The van der Waals surface area contributed by atoms with E-state index in [4.69, 9.17) is 9.84 Å². The molecular weight excluding hydrogens is 246 g/mol. The van der Waals surface area contributed by atoms with Crippen molar-refractivity contribution in [2.75, 3.05) is 26.2 Å². The molecule has 0 aromatic rings. The van der Waals surface area contributed by atoms with Crippen molar-refractivity contribution in [1.29, 1.82) is 0 Å². The number of nitrogens with one attached hydrogen (secondary N) is 1. The number of carbonyl (C=O) groups is 1. The fraction of sp³-hybridized carbons (Fsp3) is 0.846. The van der Waals surface area contributed by atoms with Gasteiger partial charge in [0.25, 0.3) is 0 Å². The van der Waals surface area contributed by atoms with E-state index in [0.717, 1.165) is 12.3 Å². The number of aliphatic hydroxyl groups is 1. The van der Waals surface area contributed by atoms with Gasteiger partial charge in [0.05, 0.1) is 25.7 Å². The Morgan fingerprint density at radius 2 is 2.26 bits per heavy atom. The lowest BCUT2D eigenvalue weighted by Crippen LogP contribution is -2.49. The standard InChI is InChI=1S/C13H25N3O3/c1-5-10(9-17)15-11-8-16(7-6-14-11)12(18)19-13(2,3)4/h10,17H,5-9H2,1-4H3,(H,14,15). The fourth-order valence-electron chi connectivity index (χ4n) is 1.70. The number of hydrogen-bond donors (Lipinski definition) is 2. The van der Waals surface area contributed by atoms with E-state index in [0.29, 0.717) is 19.6 Å². The summed E-state index contributed by atoms with van der Waals surface area (Å²) >= 11 is 0. The van der Waals surface area contributed by atoms with Gasteiger partial charge in [-0.2, -0.15) is 0 Å². The van der Waals surface area contributed by atoms with Crippen LogP contribution in [0, 0.1) is 0 Å². The maximum absolute atomic E-state index is 12.0. The third-order valence-electron chi connectivity index (χ3n) is 2.75. The fourth-order valence-corrected chi connectivity index (χ4v) is 1.70. The van der Waals surface area contributed by atoms with Gasteiger partial charge >= 0.3 is 6.09 Å². The Morgan fingerprint density at radius 1 is 1.58 bits per heavy atom. The quantitative estimate of drug-likeness (QED) is 0.803. The predicted molar refractivity (Wildman–Crippen MR) is 74.4 cm³/mol. The summed E-state index contributed by atoms with van der Waals surface area (Å²) in [4.78, 5) is 17.9. The topological polar surface area (TPSA) is 74.2 Å². The molecule has 19 heavy (non-hydrogen) atoms. The maximum Gasteiger partial charge on any atom is 0.410 e. The summed E-state index contributed by atoms with van der Waals surface area (Å²) in [6, 6.07) is -0.0164. The molecule has 110 valence electrons. The van der Waals surface area contributed by atoms with Crippen molar-refractivity contribution in [1.82, 2.24) is 10.2 Å². The second kappa shape index (κ2) is 6.75. The van der Waals surface area contributed by atoms with E-state index < -0.39 is 5.60 Å². The number of rotatable bonds is 3. The molecule has 1 rings (SSSR count). The van der Waals surface area contributed by atoms with E-state index in [9.17, 15) is 4.79 Å². The van der Waals surface area contributed by atoms with Crippen LogP contribution in [0.4, 0.5) is 4.79 Å². The van der Waals surface area contributed by atoms with E-state index in [1.54, 1.807) is 4.90 Å². The van der Waals surface area contributed by atoms with Crippen LogP contribution in [-0.2, 0) is 4.74 Å². The molecule has 2 N–H and O–H groups in total. The first kappa shape index (κ1) is 15.8. The minimum atomic E-state index is -0.490. The monoisotopic (exact) mass is 271 g/mol. The largest absolute Gasteiger partial charge is 0.444 e. The Bertz CT molecular complexity index is 333. The summed E-state index contributed by atoms with van der Waals surface area (Å²) < 4.78 is 5.34. The second-order valence-corrected chi connectivity index (χ2v) is 5.66. The minimum absolute atomic E-state index is 0.0164. The summed E-state index contributed by atoms with van der Waals surface area (Å²) in [7, 11) is 0. The Balaban J connectivity index is 2.53. The van der Waals surface area contributed by atoms with Crippen LogP contribution in [0.25, 0.3) is 0 Å². The highest BCUT2D eigenvalue weighted by Crippen LogP contribution is 2.11. The number of hydrogen-bond acceptors (Lipinski definition) is 5. The molecule has 0 aliphatic carbocycles. The highest BCUT2D eigenvalue weighted by Gasteiger charge is 2.25. The molecule has 0 aromatic heterocycles. The van der Waals surface area contributed by atoms with Crippen molar-refractivity contribution in [2.24, 2.45) is 4.99 Å². The van der Waals surface area contributed by atoms with Crippen LogP contribution in [0.1, 0.15) is 34.1 Å². The van der Waals surface area contributed by atoms with Gasteiger partial charge in [0.15, 0.2) is 0 Å². The van der Waals surface area contributed by atoms with Gasteiger partial charge < -0.3 is 15.2 Å². The predicted octanol–water partition coefficient (Wildman–Crippen LogP) is 0.996. The molecule has 0 saturated heterocycles. The van der Waals surface area contributed by atoms with Crippen LogP contribution >= 0.6 is 0 Å². The zero-order valence-electron chi connectivity index (χ0n) is 12.3. The Labute approximate surface area is 114 Å². The van der Waals surface area contributed by atoms with Crippen molar-refractivity contribution in [3.8, 4) is 0 Å². The lowest BCUT2D eigenvalue weighted by Gasteiger charge is -2.31. The van der Waals surface area contributed by atoms with Gasteiger partial charge in [0.1, 0.15) is 11.4 Å². The number of amidine groups is 1. The first-order valence-corrected chi connectivity index (χ1v) is 6.74. The number of carbonyl (C=O) groups excluding carboxylic acids is 1. The summed E-state index contributed by atoms with van der Waals surface area (Å²) in [6.45, 7) is 9.12. The van der Waals surface area contributed by atoms with Gasteiger partial charge in [-0.1, -0.05) is 6.92 Å². The molecule has 1 aliphatic rings. The highest BCUT2D eigenvalue weighted by molar-refractivity contribution is 5.88. The molecule has 1 unspecified atom stereocenters. The van der Waals surface area contributed by atoms with Crippen LogP contribution in [0.5, 0.6) is 0 Å². The van der Waals surface area contributed by atoms with Crippen molar-refractivity contribution in [3.63, 3.8) is 0 Å². The Morgan fingerprint density at radius 3 is 2.79 bits per heavy atom. The molecule has 6 nitrogen and oxygen atoms in total. The zero-order valence-corrected chi connectivity index (χ0v) is 12.3. The lowest BCUT2D eigenvalue weighted by molar-refractivity contribution is 0.0276. The van der Waals surface area contributed by atoms with Gasteiger partial charge in [-0.15, -0.1) is 0 Å². The molecular formula is C13H25N3O3. The Hall–Kier alpha value is -1.30. The smallest absolute Gasteiger partial charge is 0.410 e. The molecule has 1 aliphatic heterocycles. The first-order chi connectivity index (χ1) is 8.85. The van der Waals surface area contributed by atoms with E-state index >= 15 is 0 Å². The number of nitrogens with zero attached hydrogens (tertiary/aromatic N) is 2. The van der Waals surface area contributed by atoms with E-state index in [-0.39, 0.29) is 18.7 Å². The van der Waals surface area contributed by atoms with Crippen LogP contribution < -0.4 is 5.32 Å². The SMILES string of the molecule is CCC(CO)NC1=NCCN(C(=O)OC(C)(C)C)C1. The van der Waals surface area contributed by atoms with Gasteiger partial charge in [0.2, 0.25) is 0 Å². The number of ether oxygens (including phenoxy) is 1. The third-order valence-corrected chi connectivity index (χ3v) is 2.75. The molecule has 1 amide bonds. The van der Waals surface area contributed by atoms with Crippen molar-refractivity contribution < 1.29 is 14.6 Å². The molecule has 0 aromatic carbocycles. The highest BCUT2D eigenvalue weighted by atomic mass is 16.6. The number of amides is 1. The second-order valence-electron chi connectivity index (χ2n) is 5.66. The van der Waals surface area contributed by atoms with Gasteiger partial charge in [-0.3, -0.25) is 9.89 Å². The molecule has 0 bridgehead atoms. The normalized spacial score (nSPS) is 17.7. The lowest BCUT2D eigenvalue weighted by atomic mass is 10.2. The first-order valence-electron chi connectivity index (χ1n) is 6.74. The van der Waals surface area contributed by atoms with E-state index in [2.05, 4.69) is 10.3 Å². The average molecular weight is 271 g/mol. The summed E-state index contributed by atoms with van der Waals surface area (Å²) in [6.07, 6.45) is 0.487. The molecule has 6 heteroatoms. The molecule has 0 saturated carbocycles. The molecule has 0 fully saturated rings. The maximum atomic E-state index is 12.0. The van der Waals surface area contributed by atoms with Crippen LogP contribution in [0.15, 0.2) is 4.99 Å². The summed E-state index contributed by atoms with van der Waals surface area (Å²) in [5.41, 5.74) is -0.490. The molecule has 0 spiro atoms. The van der Waals surface area contributed by atoms with Crippen molar-refractivity contribution >= 4 is 11.9 Å². The van der Waals surface area contributed by atoms with Crippen molar-refractivity contribution in [3.05, 3.63) is 0 Å². The number of aliphatic hydroxyl groups excluding tert-OH is 1. The van der Waals surface area contributed by atoms with Gasteiger partial charge in [-0.25, -0.2) is 4.79 Å². The molecule has 1 heterocycles. The third kappa shape index (κ3) is 5.46.